The minimum Gasteiger partial charge on any atom is -0.454 e. The van der Waals surface area contributed by atoms with Crippen molar-refractivity contribution in [1.29, 1.82) is 0 Å². The molecule has 1 aromatic heterocycles. The Morgan fingerprint density at radius 1 is 1.14 bits per heavy atom. The van der Waals surface area contributed by atoms with Gasteiger partial charge in [-0.25, -0.2) is 0 Å². The van der Waals surface area contributed by atoms with Gasteiger partial charge in [0.25, 0.3) is 11.8 Å². The number of benzene rings is 1. The minimum absolute atomic E-state index is 0.0493. The van der Waals surface area contributed by atoms with Crippen molar-refractivity contribution in [2.24, 2.45) is 0 Å². The van der Waals surface area contributed by atoms with Crippen LogP contribution in [0.2, 0.25) is 5.02 Å². The molecule has 0 aliphatic carbocycles. The molecule has 0 unspecified atom stereocenters. The zero-order valence-corrected chi connectivity index (χ0v) is 16.4. The molecule has 152 valence electrons. The second-order valence-electron chi connectivity index (χ2n) is 6.12. The number of amides is 2. The van der Waals surface area contributed by atoms with E-state index in [-0.39, 0.29) is 11.5 Å². The molecule has 0 fully saturated rings. The lowest BCUT2D eigenvalue weighted by molar-refractivity contribution is -0.147. The Kier molecular flexibility index (Phi) is 8.29. The summed E-state index contributed by atoms with van der Waals surface area (Å²) in [6.07, 6.45) is 1.69. The van der Waals surface area contributed by atoms with Crippen LogP contribution in [0.3, 0.4) is 0 Å². The number of nitrogens with one attached hydrogen (secondary N) is 2. The average molecular weight is 418 g/mol. The maximum absolute atomic E-state index is 12.0. The Hall–Kier alpha value is -3.26. The van der Waals surface area contributed by atoms with Gasteiger partial charge in [0.05, 0.1) is 6.04 Å². The number of aromatic nitrogens is 1. The molecule has 29 heavy (non-hydrogen) atoms. The second-order valence-corrected chi connectivity index (χ2v) is 6.56. The molecule has 2 amide bonds. The zero-order chi connectivity index (χ0) is 21.2. The lowest BCUT2D eigenvalue weighted by atomic mass is 10.0. The summed E-state index contributed by atoms with van der Waals surface area (Å²) < 4.78 is 4.82. The molecular weight excluding hydrogens is 398 g/mol. The van der Waals surface area contributed by atoms with Gasteiger partial charge in [-0.05, 0) is 31.0 Å². The van der Waals surface area contributed by atoms with E-state index in [0.717, 1.165) is 5.56 Å². The van der Waals surface area contributed by atoms with E-state index in [1.165, 1.54) is 25.3 Å². The van der Waals surface area contributed by atoms with Crippen molar-refractivity contribution in [3.63, 3.8) is 0 Å². The van der Waals surface area contributed by atoms with Crippen molar-refractivity contribution < 1.29 is 23.9 Å². The van der Waals surface area contributed by atoms with Crippen LogP contribution in [0.15, 0.2) is 48.7 Å². The molecule has 0 aliphatic heterocycles. The summed E-state index contributed by atoms with van der Waals surface area (Å²) in [6.45, 7) is 0.364. The molecular formula is C20H20ClN3O5. The van der Waals surface area contributed by atoms with Crippen molar-refractivity contribution in [2.45, 2.75) is 19.4 Å². The van der Waals surface area contributed by atoms with Gasteiger partial charge in [0.15, 0.2) is 12.4 Å². The molecule has 1 aromatic carbocycles. The minimum atomic E-state index is -0.807. The second kappa shape index (κ2) is 10.9. The summed E-state index contributed by atoms with van der Waals surface area (Å²) in [5, 5.41) is 5.19. The van der Waals surface area contributed by atoms with Gasteiger partial charge in [0, 0.05) is 11.2 Å². The molecule has 2 rings (SSSR count). The normalized spacial score (nSPS) is 11.2. The van der Waals surface area contributed by atoms with E-state index >= 15 is 0 Å². The molecule has 0 bridgehead atoms. The van der Waals surface area contributed by atoms with Gasteiger partial charge in [0.1, 0.15) is 12.2 Å². The maximum atomic E-state index is 12.0. The first-order chi connectivity index (χ1) is 13.8. The molecule has 2 N–H and O–H groups in total. The quantitative estimate of drug-likeness (QED) is 0.595. The Labute approximate surface area is 172 Å². The van der Waals surface area contributed by atoms with E-state index in [0.29, 0.717) is 11.4 Å². The zero-order valence-electron chi connectivity index (χ0n) is 15.7. The molecule has 1 atom stereocenters. The highest BCUT2D eigenvalue weighted by atomic mass is 35.5. The number of Topliss-reactive ketones (excluding diaryl/α,β-unsaturated/α-hetero) is 1. The maximum Gasteiger partial charge on any atom is 0.325 e. The standard InChI is InChI=1S/C20H20ClN3O5/c1-13(25)16(9-14-5-3-2-4-6-14)24-18(26)12-29-19(27)11-23-20(28)17-10-15(21)7-8-22-17/h2-8,10,16H,9,11-12H2,1H3,(H,23,28)(H,24,26)/t16-/m0/s1. The number of rotatable bonds is 9. The SMILES string of the molecule is CC(=O)[C@H](Cc1ccccc1)NC(=O)COC(=O)CNC(=O)c1cc(Cl)ccn1. The molecule has 9 heteroatoms. The van der Waals surface area contributed by atoms with Crippen LogP contribution in [0.5, 0.6) is 0 Å². The highest BCUT2D eigenvalue weighted by molar-refractivity contribution is 6.30. The van der Waals surface area contributed by atoms with Gasteiger partial charge in [-0.1, -0.05) is 41.9 Å². The van der Waals surface area contributed by atoms with E-state index in [4.69, 9.17) is 16.3 Å². The van der Waals surface area contributed by atoms with Crippen LogP contribution in [-0.2, 0) is 25.5 Å². The lowest BCUT2D eigenvalue weighted by Gasteiger charge is -2.16. The summed E-state index contributed by atoms with van der Waals surface area (Å²) in [6, 6.07) is 11.4. The van der Waals surface area contributed by atoms with Crippen molar-refractivity contribution >= 4 is 35.2 Å². The molecule has 0 saturated carbocycles. The largest absolute Gasteiger partial charge is 0.454 e. The number of halogens is 1. The monoisotopic (exact) mass is 417 g/mol. The number of ketones is 1. The first-order valence-electron chi connectivity index (χ1n) is 8.74. The third kappa shape index (κ3) is 7.71. The van der Waals surface area contributed by atoms with E-state index in [1.54, 1.807) is 0 Å². The predicted octanol–water partition coefficient (Wildman–Crippen LogP) is 1.32. The summed E-state index contributed by atoms with van der Waals surface area (Å²) >= 11 is 5.77. The first kappa shape index (κ1) is 22.0. The number of hydrogen-bond acceptors (Lipinski definition) is 6. The molecule has 0 radical (unpaired) electrons. The average Bonchev–Trinajstić information content (AvgIpc) is 2.70. The van der Waals surface area contributed by atoms with Gasteiger partial charge in [-0.2, -0.15) is 0 Å². The van der Waals surface area contributed by atoms with Gasteiger partial charge in [-0.15, -0.1) is 0 Å². The van der Waals surface area contributed by atoms with Crippen molar-refractivity contribution in [1.82, 2.24) is 15.6 Å². The number of esters is 1. The van der Waals surface area contributed by atoms with Gasteiger partial charge in [0.2, 0.25) is 0 Å². The number of hydrogen-bond donors (Lipinski definition) is 2. The molecule has 0 saturated heterocycles. The van der Waals surface area contributed by atoms with Crippen LogP contribution < -0.4 is 10.6 Å². The van der Waals surface area contributed by atoms with Gasteiger partial charge < -0.3 is 15.4 Å². The smallest absolute Gasteiger partial charge is 0.325 e. The highest BCUT2D eigenvalue weighted by Gasteiger charge is 2.19. The third-order valence-corrected chi connectivity index (χ3v) is 4.06. The fraction of sp³-hybridized carbons (Fsp3) is 0.250. The van der Waals surface area contributed by atoms with E-state index < -0.39 is 37.0 Å². The van der Waals surface area contributed by atoms with Crippen molar-refractivity contribution in [3.8, 4) is 0 Å². The summed E-state index contributed by atoms with van der Waals surface area (Å²) in [4.78, 5) is 51.2. The molecule has 2 aromatic rings. The first-order valence-corrected chi connectivity index (χ1v) is 9.12. The molecule has 0 spiro atoms. The van der Waals surface area contributed by atoms with Crippen molar-refractivity contribution in [3.05, 3.63) is 64.9 Å². The fourth-order valence-electron chi connectivity index (χ4n) is 2.35. The number of carbonyl (C=O) groups excluding carboxylic acids is 4. The van der Waals surface area contributed by atoms with Crippen LogP contribution in [0, 0.1) is 0 Å². The van der Waals surface area contributed by atoms with Crippen LogP contribution in [-0.4, -0.2) is 47.7 Å². The Bertz CT molecular complexity index is 889. The number of ether oxygens (including phenoxy) is 1. The lowest BCUT2D eigenvalue weighted by Crippen LogP contribution is -2.43. The molecule has 0 aliphatic rings. The number of nitrogens with zero attached hydrogens (tertiary/aromatic N) is 1. The highest BCUT2D eigenvalue weighted by Crippen LogP contribution is 2.07. The topological polar surface area (TPSA) is 114 Å². The van der Waals surface area contributed by atoms with Gasteiger partial charge in [-0.3, -0.25) is 24.2 Å². The Balaban J connectivity index is 1.76. The molecule has 8 nitrogen and oxygen atoms in total. The van der Waals surface area contributed by atoms with E-state index in [1.807, 2.05) is 30.3 Å². The van der Waals surface area contributed by atoms with Crippen LogP contribution in [0.1, 0.15) is 23.0 Å². The Morgan fingerprint density at radius 3 is 2.52 bits per heavy atom. The van der Waals surface area contributed by atoms with Crippen LogP contribution >= 0.6 is 11.6 Å². The van der Waals surface area contributed by atoms with E-state index in [2.05, 4.69) is 15.6 Å². The molecule has 1 heterocycles. The van der Waals surface area contributed by atoms with Gasteiger partial charge >= 0.3 is 5.97 Å². The Morgan fingerprint density at radius 2 is 1.86 bits per heavy atom. The number of pyridine rings is 1. The fourth-order valence-corrected chi connectivity index (χ4v) is 2.51. The third-order valence-electron chi connectivity index (χ3n) is 3.82. The predicted molar refractivity (Wildman–Crippen MR) is 105 cm³/mol. The van der Waals surface area contributed by atoms with E-state index in [9.17, 15) is 19.2 Å². The van der Waals surface area contributed by atoms with Crippen molar-refractivity contribution in [2.75, 3.05) is 13.2 Å². The summed E-state index contributed by atoms with van der Waals surface area (Å²) in [5.41, 5.74) is 0.940. The van der Waals surface area contributed by atoms with Crippen LogP contribution in [0.25, 0.3) is 0 Å². The number of carbonyl (C=O) groups is 4. The summed E-state index contributed by atoms with van der Waals surface area (Å²) in [7, 11) is 0. The van der Waals surface area contributed by atoms with Crippen LogP contribution in [0.4, 0.5) is 0 Å². The summed E-state index contributed by atoms with van der Waals surface area (Å²) in [5.74, 6) is -2.24.